The van der Waals surface area contributed by atoms with Gasteiger partial charge in [-0.2, -0.15) is 0 Å². The highest BCUT2D eigenvalue weighted by molar-refractivity contribution is 6.33. The van der Waals surface area contributed by atoms with E-state index in [1.54, 1.807) is 6.04 Å². The van der Waals surface area contributed by atoms with Crippen molar-refractivity contribution >= 4 is 9.52 Å². The molecule has 0 unspecified atom stereocenters. The average molecular weight is 243 g/mol. The van der Waals surface area contributed by atoms with E-state index in [-0.39, 0.29) is 0 Å². The SMILES string of the molecule is CCCCCCCCCCCCCC[SiH2]C. The third-order valence-electron chi connectivity index (χ3n) is 3.46. The molecule has 0 radical (unpaired) electrons. The average Bonchev–Trinajstić information content (AvgIpc) is 2.31. The second kappa shape index (κ2) is 15.2. The van der Waals surface area contributed by atoms with Gasteiger partial charge in [-0.05, 0) is 0 Å². The Morgan fingerprint density at radius 2 is 0.938 bits per heavy atom. The zero-order valence-corrected chi connectivity index (χ0v) is 13.3. The van der Waals surface area contributed by atoms with Crippen molar-refractivity contribution in [3.8, 4) is 0 Å². The molecule has 0 aromatic heterocycles. The lowest BCUT2D eigenvalue weighted by Crippen LogP contribution is -1.84. The van der Waals surface area contributed by atoms with Gasteiger partial charge in [0.15, 0.2) is 0 Å². The molecule has 0 fully saturated rings. The standard InChI is InChI=1S/C15H34Si/c1-3-4-5-6-7-8-9-10-11-12-13-14-15-16-2/h3-16H2,1-2H3. The predicted molar refractivity (Wildman–Crippen MR) is 80.3 cm³/mol. The lowest BCUT2D eigenvalue weighted by Gasteiger charge is -2.02. The molecule has 16 heavy (non-hydrogen) atoms. The highest BCUT2D eigenvalue weighted by atomic mass is 28.2. The second-order valence-corrected chi connectivity index (χ2v) is 6.95. The molecule has 0 bridgehead atoms. The molecule has 1 heteroatoms. The lowest BCUT2D eigenvalue weighted by atomic mass is 10.1. The Labute approximate surface area is 106 Å². The van der Waals surface area contributed by atoms with Crippen LogP contribution in [0.4, 0.5) is 0 Å². The molecule has 0 aliphatic heterocycles. The molecule has 0 rings (SSSR count). The van der Waals surface area contributed by atoms with Crippen LogP contribution in [0.15, 0.2) is 0 Å². The molecule has 0 heterocycles. The van der Waals surface area contributed by atoms with Crippen LogP contribution in [0, 0.1) is 0 Å². The maximum Gasteiger partial charge on any atom is 0.0166 e. The van der Waals surface area contributed by atoms with E-state index in [4.69, 9.17) is 0 Å². The van der Waals surface area contributed by atoms with E-state index >= 15 is 0 Å². The van der Waals surface area contributed by atoms with E-state index in [0.717, 1.165) is 0 Å². The molecule has 0 N–H and O–H groups in total. The third kappa shape index (κ3) is 14.2. The van der Waals surface area contributed by atoms with Crippen LogP contribution in [0.3, 0.4) is 0 Å². The van der Waals surface area contributed by atoms with E-state index in [2.05, 4.69) is 13.5 Å². The van der Waals surface area contributed by atoms with Gasteiger partial charge < -0.3 is 0 Å². The summed E-state index contributed by atoms with van der Waals surface area (Å²) in [5, 5.41) is 0. The Bertz CT molecular complexity index is 98.0. The predicted octanol–water partition coefficient (Wildman–Crippen LogP) is 5.32. The zero-order chi connectivity index (χ0) is 11.9. The largest absolute Gasteiger partial charge is 0.0748 e. The van der Waals surface area contributed by atoms with Gasteiger partial charge in [0.2, 0.25) is 0 Å². The van der Waals surface area contributed by atoms with Gasteiger partial charge in [0.25, 0.3) is 0 Å². The summed E-state index contributed by atoms with van der Waals surface area (Å²) in [5.41, 5.74) is 0. The highest BCUT2D eigenvalue weighted by Crippen LogP contribution is 2.12. The summed E-state index contributed by atoms with van der Waals surface area (Å²) in [5.74, 6) is 0. The van der Waals surface area contributed by atoms with Gasteiger partial charge in [0.05, 0.1) is 0 Å². The van der Waals surface area contributed by atoms with E-state index in [1.807, 2.05) is 0 Å². The lowest BCUT2D eigenvalue weighted by molar-refractivity contribution is 0.548. The molecule has 0 nitrogen and oxygen atoms in total. The highest BCUT2D eigenvalue weighted by Gasteiger charge is 1.92. The van der Waals surface area contributed by atoms with E-state index < -0.39 is 0 Å². The Kier molecular flexibility index (Phi) is 15.4. The van der Waals surface area contributed by atoms with Gasteiger partial charge >= 0.3 is 0 Å². The van der Waals surface area contributed by atoms with Crippen LogP contribution in [-0.4, -0.2) is 9.52 Å². The maximum atomic E-state index is 2.43. The molecular formula is C15H34Si. The van der Waals surface area contributed by atoms with Crippen molar-refractivity contribution < 1.29 is 0 Å². The summed E-state index contributed by atoms with van der Waals surface area (Å²) >= 11 is 0. The van der Waals surface area contributed by atoms with Gasteiger partial charge in [-0.3, -0.25) is 0 Å². The molecule has 0 aromatic rings. The minimum absolute atomic E-state index is 0.356. The number of rotatable bonds is 13. The summed E-state index contributed by atoms with van der Waals surface area (Å²) in [6, 6.07) is 1.58. The fourth-order valence-corrected chi connectivity index (χ4v) is 3.12. The van der Waals surface area contributed by atoms with Gasteiger partial charge in [-0.1, -0.05) is 96.6 Å². The quantitative estimate of drug-likeness (QED) is 0.303. The van der Waals surface area contributed by atoms with Gasteiger partial charge in [0, 0.05) is 9.52 Å². The molecule has 0 aliphatic carbocycles. The normalized spacial score (nSPS) is 11.6. The summed E-state index contributed by atoms with van der Waals surface area (Å²) in [6.45, 7) is 4.72. The first kappa shape index (κ1) is 16.2. The topological polar surface area (TPSA) is 0 Å². The Morgan fingerprint density at radius 1 is 0.562 bits per heavy atom. The number of hydrogen-bond acceptors (Lipinski definition) is 0. The van der Waals surface area contributed by atoms with E-state index in [1.165, 1.54) is 77.0 Å². The molecule has 0 aromatic carbocycles. The molecule has 0 atom stereocenters. The van der Waals surface area contributed by atoms with E-state index in [0.29, 0.717) is 9.52 Å². The van der Waals surface area contributed by atoms with Crippen LogP contribution >= 0.6 is 0 Å². The molecule has 0 saturated carbocycles. The van der Waals surface area contributed by atoms with Gasteiger partial charge in [0.1, 0.15) is 0 Å². The van der Waals surface area contributed by atoms with Crippen molar-refractivity contribution in [1.29, 1.82) is 0 Å². The molecule has 0 aliphatic rings. The van der Waals surface area contributed by atoms with Crippen LogP contribution in [-0.2, 0) is 0 Å². The molecular weight excluding hydrogens is 208 g/mol. The van der Waals surface area contributed by atoms with Crippen LogP contribution in [0.2, 0.25) is 12.6 Å². The first-order chi connectivity index (χ1) is 7.91. The summed E-state index contributed by atoms with van der Waals surface area (Å²) in [4.78, 5) is 0. The van der Waals surface area contributed by atoms with E-state index in [9.17, 15) is 0 Å². The van der Waals surface area contributed by atoms with Crippen molar-refractivity contribution in [2.75, 3.05) is 0 Å². The van der Waals surface area contributed by atoms with Crippen molar-refractivity contribution in [1.82, 2.24) is 0 Å². The molecule has 0 saturated heterocycles. The Morgan fingerprint density at radius 3 is 1.31 bits per heavy atom. The van der Waals surface area contributed by atoms with Crippen LogP contribution in [0.1, 0.15) is 84.0 Å². The zero-order valence-electron chi connectivity index (χ0n) is 11.9. The minimum atomic E-state index is 0.356. The fourth-order valence-electron chi connectivity index (χ4n) is 2.27. The van der Waals surface area contributed by atoms with Crippen LogP contribution in [0.25, 0.3) is 0 Å². The Hall–Kier alpha value is 0.217. The maximum absolute atomic E-state index is 2.43. The molecule has 0 amide bonds. The monoisotopic (exact) mass is 242 g/mol. The van der Waals surface area contributed by atoms with Crippen LogP contribution < -0.4 is 0 Å². The fraction of sp³-hybridized carbons (Fsp3) is 1.00. The van der Waals surface area contributed by atoms with Crippen molar-refractivity contribution in [2.24, 2.45) is 0 Å². The van der Waals surface area contributed by atoms with Gasteiger partial charge in [-0.15, -0.1) is 0 Å². The summed E-state index contributed by atoms with van der Waals surface area (Å²) < 4.78 is 0. The second-order valence-electron chi connectivity index (χ2n) is 5.24. The summed E-state index contributed by atoms with van der Waals surface area (Å²) in [7, 11) is 0.356. The first-order valence-corrected chi connectivity index (χ1v) is 10.3. The molecule has 98 valence electrons. The smallest absolute Gasteiger partial charge is 0.0166 e. The third-order valence-corrected chi connectivity index (χ3v) is 4.66. The van der Waals surface area contributed by atoms with Crippen molar-refractivity contribution in [3.05, 3.63) is 0 Å². The first-order valence-electron chi connectivity index (χ1n) is 7.91. The Balaban J connectivity index is 2.83. The van der Waals surface area contributed by atoms with Crippen LogP contribution in [0.5, 0.6) is 0 Å². The molecule has 0 spiro atoms. The summed E-state index contributed by atoms with van der Waals surface area (Å²) in [6.07, 6.45) is 17.8. The van der Waals surface area contributed by atoms with Gasteiger partial charge in [-0.25, -0.2) is 0 Å². The number of unbranched alkanes of at least 4 members (excludes halogenated alkanes) is 11. The van der Waals surface area contributed by atoms with Crippen molar-refractivity contribution in [3.63, 3.8) is 0 Å². The minimum Gasteiger partial charge on any atom is -0.0748 e. The van der Waals surface area contributed by atoms with Crippen molar-refractivity contribution in [2.45, 2.75) is 96.6 Å². The number of hydrogen-bond donors (Lipinski definition) is 0.